The largest absolute Gasteiger partial charge is 0.493 e. The van der Waals surface area contributed by atoms with Crippen LogP contribution in [0.1, 0.15) is 62.5 Å². The zero-order valence-corrected chi connectivity index (χ0v) is 20.2. The Kier molecular flexibility index (Phi) is 8.69. The van der Waals surface area contributed by atoms with E-state index in [1.54, 1.807) is 13.3 Å². The molecule has 0 amide bonds. The van der Waals surface area contributed by atoms with Gasteiger partial charge in [-0.1, -0.05) is 49.1 Å². The van der Waals surface area contributed by atoms with E-state index in [1.165, 1.54) is 56.9 Å². The smallest absolute Gasteiger partial charge is 0.217 e. The topological polar surface area (TPSA) is 34.6 Å². The molecule has 2 aliphatic rings. The fourth-order valence-electron chi connectivity index (χ4n) is 5.21. The van der Waals surface area contributed by atoms with E-state index in [2.05, 4.69) is 34.1 Å². The van der Waals surface area contributed by atoms with Gasteiger partial charge in [-0.25, -0.2) is 4.98 Å². The Labute approximate surface area is 198 Å². The third kappa shape index (κ3) is 6.62. The van der Waals surface area contributed by atoms with Gasteiger partial charge in [-0.2, -0.15) is 0 Å². The van der Waals surface area contributed by atoms with Gasteiger partial charge < -0.3 is 9.47 Å². The summed E-state index contributed by atoms with van der Waals surface area (Å²) < 4.78 is 11.7. The summed E-state index contributed by atoms with van der Waals surface area (Å²) in [5.74, 6) is 3.31. The number of methoxy groups -OCH3 is 1. The molecule has 0 spiro atoms. The van der Waals surface area contributed by atoms with Gasteiger partial charge in [-0.15, -0.1) is 0 Å². The van der Waals surface area contributed by atoms with Gasteiger partial charge in [0.1, 0.15) is 5.75 Å². The molecule has 0 radical (unpaired) electrons. The number of aryl methyl sites for hydroxylation is 1. The van der Waals surface area contributed by atoms with Crippen molar-refractivity contribution in [3.05, 3.63) is 52.7 Å². The first-order valence-electron chi connectivity index (χ1n) is 12.3. The number of piperidine rings is 1. The Morgan fingerprint density at radius 2 is 1.78 bits per heavy atom. The molecule has 2 heterocycles. The number of ether oxygens (including phenoxy) is 2. The zero-order chi connectivity index (χ0) is 22.2. The molecule has 0 atom stereocenters. The Morgan fingerprint density at radius 3 is 2.56 bits per heavy atom. The number of benzene rings is 1. The molecule has 1 aromatic heterocycles. The van der Waals surface area contributed by atoms with Gasteiger partial charge in [0.15, 0.2) is 0 Å². The van der Waals surface area contributed by atoms with E-state index in [-0.39, 0.29) is 0 Å². The predicted molar refractivity (Wildman–Crippen MR) is 131 cm³/mol. The minimum absolute atomic E-state index is 0.667. The van der Waals surface area contributed by atoms with Crippen molar-refractivity contribution in [1.82, 2.24) is 9.88 Å². The third-order valence-corrected chi connectivity index (χ3v) is 7.39. The Balaban J connectivity index is 1.23. The van der Waals surface area contributed by atoms with Crippen LogP contribution in [0.15, 0.2) is 36.5 Å². The summed E-state index contributed by atoms with van der Waals surface area (Å²) in [6, 6.07) is 10.6. The Hall–Kier alpha value is -1.78. The van der Waals surface area contributed by atoms with E-state index in [0.29, 0.717) is 10.9 Å². The van der Waals surface area contributed by atoms with E-state index < -0.39 is 0 Å². The van der Waals surface area contributed by atoms with E-state index in [1.807, 2.05) is 6.07 Å². The second-order valence-electron chi connectivity index (χ2n) is 9.50. The highest BCUT2D eigenvalue weighted by Gasteiger charge is 2.21. The molecule has 1 aliphatic carbocycles. The highest BCUT2D eigenvalue weighted by molar-refractivity contribution is 6.30. The van der Waals surface area contributed by atoms with Gasteiger partial charge in [-0.05, 0) is 81.1 Å². The number of pyridine rings is 1. The standard InChI is InChI=1S/C27H37ClN2O2/c1-31-27-24(17-25(28)18-29-27)19-30-15-13-21(14-16-30)11-12-23-9-5-6-10-26(23)32-20-22-7-3-2-4-8-22/h5-6,9-10,17-18,21-22H,2-4,7-8,11-16,19-20H2,1H3. The fraction of sp³-hybridized carbons (Fsp3) is 0.593. The lowest BCUT2D eigenvalue weighted by Crippen LogP contribution is -2.33. The minimum atomic E-state index is 0.667. The van der Waals surface area contributed by atoms with Crippen LogP contribution in [0.25, 0.3) is 0 Å². The lowest BCUT2D eigenvalue weighted by molar-refractivity contribution is 0.170. The van der Waals surface area contributed by atoms with Crippen molar-refractivity contribution in [1.29, 1.82) is 0 Å². The molecule has 5 heteroatoms. The molecule has 4 nitrogen and oxygen atoms in total. The van der Waals surface area contributed by atoms with Crippen molar-refractivity contribution >= 4 is 11.6 Å². The molecular weight excluding hydrogens is 420 g/mol. The number of nitrogens with zero attached hydrogens (tertiary/aromatic N) is 2. The molecule has 2 fully saturated rings. The molecule has 174 valence electrons. The monoisotopic (exact) mass is 456 g/mol. The van der Waals surface area contributed by atoms with Gasteiger partial charge in [0.25, 0.3) is 0 Å². The van der Waals surface area contributed by atoms with Crippen LogP contribution in [0.5, 0.6) is 11.6 Å². The normalized spacial score (nSPS) is 18.6. The summed E-state index contributed by atoms with van der Waals surface area (Å²) >= 11 is 6.15. The first-order chi connectivity index (χ1) is 15.7. The summed E-state index contributed by atoms with van der Waals surface area (Å²) in [4.78, 5) is 6.79. The second kappa shape index (κ2) is 11.9. The Bertz CT molecular complexity index is 845. The van der Waals surface area contributed by atoms with Crippen LogP contribution in [0.3, 0.4) is 0 Å². The predicted octanol–water partition coefficient (Wildman–Crippen LogP) is 6.55. The van der Waals surface area contributed by atoms with Gasteiger partial charge in [0, 0.05) is 18.3 Å². The van der Waals surface area contributed by atoms with Crippen molar-refractivity contribution in [2.45, 2.75) is 64.3 Å². The lowest BCUT2D eigenvalue weighted by atomic mass is 9.89. The van der Waals surface area contributed by atoms with E-state index in [4.69, 9.17) is 21.1 Å². The van der Waals surface area contributed by atoms with Crippen LogP contribution >= 0.6 is 11.6 Å². The van der Waals surface area contributed by atoms with Crippen molar-refractivity contribution in [3.63, 3.8) is 0 Å². The van der Waals surface area contributed by atoms with E-state index in [9.17, 15) is 0 Å². The van der Waals surface area contributed by atoms with Gasteiger partial charge in [0.2, 0.25) is 5.88 Å². The van der Waals surface area contributed by atoms with E-state index in [0.717, 1.165) is 55.8 Å². The van der Waals surface area contributed by atoms with Gasteiger partial charge >= 0.3 is 0 Å². The summed E-state index contributed by atoms with van der Waals surface area (Å²) in [5, 5.41) is 0.667. The number of likely N-dealkylation sites (tertiary alicyclic amines) is 1. The highest BCUT2D eigenvalue weighted by atomic mass is 35.5. The number of aromatic nitrogens is 1. The molecule has 0 unspecified atom stereocenters. The molecule has 2 aromatic rings. The number of hydrogen-bond donors (Lipinski definition) is 0. The molecule has 4 rings (SSSR count). The fourth-order valence-corrected chi connectivity index (χ4v) is 5.39. The lowest BCUT2D eigenvalue weighted by Gasteiger charge is -2.32. The van der Waals surface area contributed by atoms with Crippen LogP contribution in [-0.4, -0.2) is 36.7 Å². The maximum absolute atomic E-state index is 6.29. The number of hydrogen-bond acceptors (Lipinski definition) is 4. The maximum Gasteiger partial charge on any atom is 0.217 e. The van der Waals surface area contributed by atoms with Crippen molar-refractivity contribution < 1.29 is 9.47 Å². The van der Waals surface area contributed by atoms with Crippen molar-refractivity contribution in [2.24, 2.45) is 11.8 Å². The van der Waals surface area contributed by atoms with Crippen LogP contribution < -0.4 is 9.47 Å². The van der Waals surface area contributed by atoms with Gasteiger partial charge in [-0.3, -0.25) is 4.90 Å². The first-order valence-corrected chi connectivity index (χ1v) is 12.7. The van der Waals surface area contributed by atoms with Crippen LogP contribution in [0, 0.1) is 11.8 Å². The SMILES string of the molecule is COc1ncc(Cl)cc1CN1CCC(CCc2ccccc2OCC2CCCCC2)CC1. The summed E-state index contributed by atoms with van der Waals surface area (Å²) in [7, 11) is 1.67. The highest BCUT2D eigenvalue weighted by Crippen LogP contribution is 2.29. The quantitative estimate of drug-likeness (QED) is 0.428. The van der Waals surface area contributed by atoms with E-state index >= 15 is 0 Å². The molecule has 1 aliphatic heterocycles. The molecular formula is C27H37ClN2O2. The zero-order valence-electron chi connectivity index (χ0n) is 19.4. The average Bonchev–Trinajstić information content (AvgIpc) is 2.84. The maximum atomic E-state index is 6.29. The molecule has 1 saturated heterocycles. The molecule has 1 aromatic carbocycles. The molecule has 32 heavy (non-hydrogen) atoms. The molecule has 0 bridgehead atoms. The van der Waals surface area contributed by atoms with Crippen molar-refractivity contribution in [3.8, 4) is 11.6 Å². The third-order valence-electron chi connectivity index (χ3n) is 7.18. The first kappa shape index (κ1) is 23.4. The van der Waals surface area contributed by atoms with Crippen LogP contribution in [0.4, 0.5) is 0 Å². The molecule has 0 N–H and O–H groups in total. The number of rotatable bonds is 9. The Morgan fingerprint density at radius 1 is 1.00 bits per heavy atom. The van der Waals surface area contributed by atoms with Gasteiger partial charge in [0.05, 0.1) is 18.7 Å². The number of para-hydroxylation sites is 1. The van der Waals surface area contributed by atoms with Crippen molar-refractivity contribution in [2.75, 3.05) is 26.8 Å². The number of halogens is 1. The van der Waals surface area contributed by atoms with Crippen LogP contribution in [0.2, 0.25) is 5.02 Å². The second-order valence-corrected chi connectivity index (χ2v) is 9.94. The minimum Gasteiger partial charge on any atom is -0.493 e. The summed E-state index contributed by atoms with van der Waals surface area (Å²) in [5.41, 5.74) is 2.45. The average molecular weight is 457 g/mol. The summed E-state index contributed by atoms with van der Waals surface area (Å²) in [6.07, 6.45) is 13.3. The summed E-state index contributed by atoms with van der Waals surface area (Å²) in [6.45, 7) is 3.96. The van der Waals surface area contributed by atoms with Crippen LogP contribution in [-0.2, 0) is 13.0 Å². The molecule has 1 saturated carbocycles.